The second kappa shape index (κ2) is 4.07. The number of nitrogens with zero attached hydrogens (tertiary/aromatic N) is 1. The number of oxazole rings is 1. The number of carbonyl (C=O) groups excluding carboxylic acids is 1. The number of pyridine rings is 1. The van der Waals surface area contributed by atoms with Crippen LogP contribution in [0.2, 0.25) is 0 Å². The maximum atomic E-state index is 12.0. The number of fused-ring (bicyclic) bond motifs is 2. The van der Waals surface area contributed by atoms with Gasteiger partial charge in [0.05, 0.1) is 5.41 Å². The van der Waals surface area contributed by atoms with E-state index in [-0.39, 0.29) is 11.5 Å². The molecule has 6 heteroatoms. The summed E-state index contributed by atoms with van der Waals surface area (Å²) < 4.78 is 5.72. The monoisotopic (exact) mass is 295 g/mol. The summed E-state index contributed by atoms with van der Waals surface area (Å²) in [6.45, 7) is 3.75. The first-order chi connectivity index (χ1) is 10.4. The van der Waals surface area contributed by atoms with Crippen molar-refractivity contribution in [1.82, 2.24) is 9.97 Å². The van der Waals surface area contributed by atoms with Gasteiger partial charge in [0.1, 0.15) is 5.52 Å². The van der Waals surface area contributed by atoms with Crippen molar-refractivity contribution in [2.24, 2.45) is 0 Å². The SMILES string of the molecule is CC1(C)C(=O)Nc2cc3oc(-c4cc[nH]c(=O)c4)nc3cc21. The Hall–Kier alpha value is -2.89. The van der Waals surface area contributed by atoms with Gasteiger partial charge in [-0.3, -0.25) is 9.59 Å². The van der Waals surface area contributed by atoms with E-state index in [0.29, 0.717) is 22.6 Å². The van der Waals surface area contributed by atoms with Gasteiger partial charge in [0.15, 0.2) is 5.58 Å². The summed E-state index contributed by atoms with van der Waals surface area (Å²) >= 11 is 0. The van der Waals surface area contributed by atoms with E-state index >= 15 is 0 Å². The molecule has 0 bridgehead atoms. The Morgan fingerprint density at radius 1 is 1.18 bits per heavy atom. The number of nitrogens with one attached hydrogen (secondary N) is 2. The van der Waals surface area contributed by atoms with Crippen LogP contribution in [0.15, 0.2) is 39.7 Å². The Labute approximate surface area is 125 Å². The van der Waals surface area contributed by atoms with Gasteiger partial charge in [-0.25, -0.2) is 4.98 Å². The van der Waals surface area contributed by atoms with Crippen LogP contribution in [0.5, 0.6) is 0 Å². The van der Waals surface area contributed by atoms with Crippen molar-refractivity contribution in [2.45, 2.75) is 19.3 Å². The van der Waals surface area contributed by atoms with Crippen LogP contribution in [0.1, 0.15) is 19.4 Å². The molecule has 1 aromatic carbocycles. The molecule has 0 fully saturated rings. The van der Waals surface area contributed by atoms with Crippen molar-refractivity contribution in [2.75, 3.05) is 5.32 Å². The topological polar surface area (TPSA) is 88.0 Å². The Bertz CT molecular complexity index is 982. The minimum Gasteiger partial charge on any atom is -0.436 e. The fourth-order valence-electron chi connectivity index (χ4n) is 2.70. The number of hydrogen-bond donors (Lipinski definition) is 2. The molecule has 1 aliphatic rings. The first-order valence-electron chi connectivity index (χ1n) is 6.91. The lowest BCUT2D eigenvalue weighted by molar-refractivity contribution is -0.119. The minimum absolute atomic E-state index is 0.0371. The molecule has 1 amide bonds. The van der Waals surface area contributed by atoms with E-state index in [1.54, 1.807) is 18.3 Å². The molecule has 0 radical (unpaired) electrons. The zero-order chi connectivity index (χ0) is 15.5. The van der Waals surface area contributed by atoms with Gasteiger partial charge in [-0.1, -0.05) is 0 Å². The molecule has 0 unspecified atom stereocenters. The van der Waals surface area contributed by atoms with Crippen molar-refractivity contribution in [3.8, 4) is 11.5 Å². The molecule has 3 aromatic rings. The fraction of sp³-hybridized carbons (Fsp3) is 0.188. The quantitative estimate of drug-likeness (QED) is 0.721. The Balaban J connectivity index is 1.91. The molecule has 2 N–H and O–H groups in total. The van der Waals surface area contributed by atoms with Crippen molar-refractivity contribution >= 4 is 22.7 Å². The third kappa shape index (κ3) is 1.70. The van der Waals surface area contributed by atoms with E-state index in [1.807, 2.05) is 19.9 Å². The number of rotatable bonds is 1. The summed E-state index contributed by atoms with van der Waals surface area (Å²) in [5, 5.41) is 2.86. The number of carbonyl (C=O) groups is 1. The van der Waals surface area contributed by atoms with Gasteiger partial charge in [-0.15, -0.1) is 0 Å². The summed E-state index contributed by atoms with van der Waals surface area (Å²) in [6, 6.07) is 6.80. The Kier molecular flexibility index (Phi) is 2.37. The van der Waals surface area contributed by atoms with Crippen LogP contribution in [0.25, 0.3) is 22.6 Å². The molecule has 0 aliphatic carbocycles. The van der Waals surface area contributed by atoms with Crippen LogP contribution >= 0.6 is 0 Å². The maximum absolute atomic E-state index is 12.0. The van der Waals surface area contributed by atoms with E-state index in [2.05, 4.69) is 15.3 Å². The molecule has 0 saturated carbocycles. The van der Waals surface area contributed by atoms with Crippen molar-refractivity contribution in [3.05, 3.63) is 46.4 Å². The zero-order valence-corrected chi connectivity index (χ0v) is 12.1. The summed E-state index contributed by atoms with van der Waals surface area (Å²) in [5.41, 5.74) is 2.70. The molecule has 22 heavy (non-hydrogen) atoms. The summed E-state index contributed by atoms with van der Waals surface area (Å²) in [6.07, 6.45) is 1.55. The number of benzene rings is 1. The van der Waals surface area contributed by atoms with Gasteiger partial charge in [0.25, 0.3) is 0 Å². The molecule has 1 aliphatic heterocycles. The van der Waals surface area contributed by atoms with Gasteiger partial charge in [0, 0.05) is 29.6 Å². The molecule has 110 valence electrons. The van der Waals surface area contributed by atoms with E-state index in [0.717, 1.165) is 11.3 Å². The van der Waals surface area contributed by atoms with Gasteiger partial charge in [0.2, 0.25) is 17.4 Å². The molecule has 6 nitrogen and oxygen atoms in total. The van der Waals surface area contributed by atoms with E-state index in [1.165, 1.54) is 6.07 Å². The van der Waals surface area contributed by atoms with Crippen LogP contribution in [0, 0.1) is 0 Å². The summed E-state index contributed by atoms with van der Waals surface area (Å²) in [7, 11) is 0. The average molecular weight is 295 g/mol. The lowest BCUT2D eigenvalue weighted by Crippen LogP contribution is -2.26. The van der Waals surface area contributed by atoms with Crippen molar-refractivity contribution < 1.29 is 9.21 Å². The zero-order valence-electron chi connectivity index (χ0n) is 12.1. The summed E-state index contributed by atoms with van der Waals surface area (Å²) in [5.74, 6) is 0.346. The van der Waals surface area contributed by atoms with Crippen LogP contribution in [0.3, 0.4) is 0 Å². The molecule has 4 rings (SSSR count). The lowest BCUT2D eigenvalue weighted by Gasteiger charge is -2.14. The lowest BCUT2D eigenvalue weighted by atomic mass is 9.86. The highest BCUT2D eigenvalue weighted by atomic mass is 16.3. The Morgan fingerprint density at radius 2 is 2.00 bits per heavy atom. The van der Waals surface area contributed by atoms with Gasteiger partial charge in [-0.2, -0.15) is 0 Å². The number of aromatic amines is 1. The molecular formula is C16H13N3O3. The predicted octanol–water partition coefficient (Wildman–Crippen LogP) is 2.41. The first-order valence-corrected chi connectivity index (χ1v) is 6.91. The van der Waals surface area contributed by atoms with Gasteiger partial charge in [-0.05, 0) is 31.5 Å². The van der Waals surface area contributed by atoms with Gasteiger partial charge >= 0.3 is 0 Å². The molecule has 2 aromatic heterocycles. The first kappa shape index (κ1) is 12.8. The third-order valence-electron chi connectivity index (χ3n) is 4.04. The van der Waals surface area contributed by atoms with Gasteiger partial charge < -0.3 is 14.7 Å². The second-order valence-corrected chi connectivity index (χ2v) is 5.91. The average Bonchev–Trinajstić information content (AvgIpc) is 2.97. The van der Waals surface area contributed by atoms with Crippen LogP contribution in [0.4, 0.5) is 5.69 Å². The van der Waals surface area contributed by atoms with E-state index in [9.17, 15) is 9.59 Å². The van der Waals surface area contributed by atoms with E-state index in [4.69, 9.17) is 4.42 Å². The molecule has 3 heterocycles. The third-order valence-corrected chi connectivity index (χ3v) is 4.04. The van der Waals surface area contributed by atoms with Crippen molar-refractivity contribution in [1.29, 1.82) is 0 Å². The number of H-pyrrole nitrogens is 1. The standard InChI is InChI=1S/C16H13N3O3/c1-16(2)9-6-11-12(7-10(9)19-15(16)21)22-14(18-11)8-3-4-17-13(20)5-8/h3-7H,1-2H3,(H,17,20)(H,19,21). The molecule has 0 atom stereocenters. The number of anilines is 1. The molecule has 0 saturated heterocycles. The van der Waals surface area contributed by atoms with Crippen LogP contribution < -0.4 is 10.9 Å². The summed E-state index contributed by atoms with van der Waals surface area (Å²) in [4.78, 5) is 30.4. The second-order valence-electron chi connectivity index (χ2n) is 5.91. The minimum atomic E-state index is -0.591. The Morgan fingerprint density at radius 3 is 2.77 bits per heavy atom. The fourth-order valence-corrected chi connectivity index (χ4v) is 2.70. The van der Waals surface area contributed by atoms with Crippen LogP contribution in [-0.2, 0) is 10.2 Å². The van der Waals surface area contributed by atoms with Crippen molar-refractivity contribution in [3.63, 3.8) is 0 Å². The highest BCUT2D eigenvalue weighted by molar-refractivity contribution is 6.07. The molecule has 0 spiro atoms. The van der Waals surface area contributed by atoms with Crippen LogP contribution in [-0.4, -0.2) is 15.9 Å². The number of amides is 1. The predicted molar refractivity (Wildman–Crippen MR) is 81.7 cm³/mol. The number of hydrogen-bond acceptors (Lipinski definition) is 4. The highest BCUT2D eigenvalue weighted by Gasteiger charge is 2.39. The molecular weight excluding hydrogens is 282 g/mol. The largest absolute Gasteiger partial charge is 0.436 e. The number of aromatic nitrogens is 2. The highest BCUT2D eigenvalue weighted by Crippen LogP contribution is 2.40. The maximum Gasteiger partial charge on any atom is 0.248 e. The van der Waals surface area contributed by atoms with E-state index < -0.39 is 5.41 Å². The smallest absolute Gasteiger partial charge is 0.248 e. The normalized spacial score (nSPS) is 15.8.